The van der Waals surface area contributed by atoms with Crippen molar-refractivity contribution >= 4 is 16.0 Å². The van der Waals surface area contributed by atoms with E-state index in [0.29, 0.717) is 19.5 Å². The number of aromatic carboxylic acids is 1. The molecule has 1 aromatic carbocycles. The van der Waals surface area contributed by atoms with E-state index in [0.717, 1.165) is 5.56 Å². The highest BCUT2D eigenvalue weighted by atomic mass is 32.2. The zero-order valence-electron chi connectivity index (χ0n) is 10.5. The van der Waals surface area contributed by atoms with E-state index in [4.69, 9.17) is 5.11 Å². The van der Waals surface area contributed by atoms with Gasteiger partial charge in [-0.25, -0.2) is 17.5 Å². The summed E-state index contributed by atoms with van der Waals surface area (Å²) in [5.41, 5.74) is 1.15. The smallest absolute Gasteiger partial charge is 0.335 e. The topological polar surface area (TPSA) is 74.7 Å². The summed E-state index contributed by atoms with van der Waals surface area (Å²) in [6, 6.07) is 6.46. The van der Waals surface area contributed by atoms with Crippen LogP contribution in [0.15, 0.2) is 24.3 Å². The Morgan fingerprint density at radius 3 is 2.22 bits per heavy atom. The first kappa shape index (κ1) is 14.7. The van der Waals surface area contributed by atoms with Crippen LogP contribution < -0.4 is 0 Å². The van der Waals surface area contributed by atoms with Crippen molar-refractivity contribution in [1.82, 2.24) is 4.31 Å². The van der Waals surface area contributed by atoms with Crippen LogP contribution in [0.5, 0.6) is 0 Å². The van der Waals surface area contributed by atoms with Gasteiger partial charge in [-0.2, -0.15) is 0 Å². The number of nitrogens with zero attached hydrogens (tertiary/aromatic N) is 1. The molecule has 0 fully saturated rings. The van der Waals surface area contributed by atoms with Gasteiger partial charge in [0.1, 0.15) is 0 Å². The van der Waals surface area contributed by atoms with Gasteiger partial charge in [0, 0.05) is 13.1 Å². The number of carboxylic acids is 1. The summed E-state index contributed by atoms with van der Waals surface area (Å²) < 4.78 is 24.1. The molecule has 0 saturated heterocycles. The van der Waals surface area contributed by atoms with E-state index >= 15 is 0 Å². The van der Waals surface area contributed by atoms with Crippen LogP contribution in [0, 0.1) is 0 Å². The molecule has 100 valence electrons. The van der Waals surface area contributed by atoms with Crippen molar-refractivity contribution in [1.29, 1.82) is 0 Å². The first-order valence-corrected chi connectivity index (χ1v) is 7.46. The first-order chi connectivity index (χ1) is 8.34. The van der Waals surface area contributed by atoms with Crippen LogP contribution in [0.1, 0.15) is 22.8 Å². The molecular weight excluding hydrogens is 254 g/mol. The van der Waals surface area contributed by atoms with E-state index < -0.39 is 16.0 Å². The highest BCUT2D eigenvalue weighted by Gasteiger charge is 2.13. The van der Waals surface area contributed by atoms with Crippen LogP contribution in [-0.4, -0.2) is 43.1 Å². The van der Waals surface area contributed by atoms with Crippen molar-refractivity contribution in [2.24, 2.45) is 0 Å². The Kier molecular flexibility index (Phi) is 4.86. The second kappa shape index (κ2) is 5.97. The summed E-state index contributed by atoms with van der Waals surface area (Å²) in [6.07, 6.45) is 1.75. The lowest BCUT2D eigenvalue weighted by atomic mass is 10.1. The Hall–Kier alpha value is -1.40. The van der Waals surface area contributed by atoms with Crippen molar-refractivity contribution in [2.75, 3.05) is 19.3 Å². The maximum Gasteiger partial charge on any atom is 0.335 e. The minimum absolute atomic E-state index is 0.231. The lowest BCUT2D eigenvalue weighted by Gasteiger charge is -2.17. The standard InChI is InChI=1S/C12H17NO4S/c1-3-13(18(2,16)17)9-8-10-4-6-11(7-5-10)12(14)15/h4-7H,3,8-9H2,1-2H3,(H,14,15). The van der Waals surface area contributed by atoms with Crippen LogP contribution in [0.3, 0.4) is 0 Å². The Bertz CT molecular complexity index is 507. The van der Waals surface area contributed by atoms with Crippen molar-refractivity contribution in [3.63, 3.8) is 0 Å². The number of hydrogen-bond donors (Lipinski definition) is 1. The maximum atomic E-state index is 11.4. The lowest BCUT2D eigenvalue weighted by Crippen LogP contribution is -2.31. The zero-order chi connectivity index (χ0) is 13.8. The van der Waals surface area contributed by atoms with E-state index in [1.165, 1.54) is 22.7 Å². The minimum Gasteiger partial charge on any atom is -0.478 e. The van der Waals surface area contributed by atoms with Gasteiger partial charge in [-0.15, -0.1) is 0 Å². The molecule has 18 heavy (non-hydrogen) atoms. The van der Waals surface area contributed by atoms with E-state index in [1.807, 2.05) is 0 Å². The molecule has 1 aromatic rings. The molecule has 0 atom stereocenters. The number of likely N-dealkylation sites (N-methyl/N-ethyl adjacent to an activating group) is 1. The highest BCUT2D eigenvalue weighted by Crippen LogP contribution is 2.07. The Balaban J connectivity index is 2.66. The van der Waals surface area contributed by atoms with Gasteiger partial charge in [-0.05, 0) is 24.1 Å². The Morgan fingerprint density at radius 1 is 1.28 bits per heavy atom. The largest absolute Gasteiger partial charge is 0.478 e. The molecule has 0 aromatic heterocycles. The van der Waals surface area contributed by atoms with E-state index in [1.54, 1.807) is 19.1 Å². The molecule has 6 heteroatoms. The van der Waals surface area contributed by atoms with Crippen LogP contribution in [0.25, 0.3) is 0 Å². The monoisotopic (exact) mass is 271 g/mol. The van der Waals surface area contributed by atoms with Crippen LogP contribution >= 0.6 is 0 Å². The molecule has 0 unspecified atom stereocenters. The molecule has 5 nitrogen and oxygen atoms in total. The average Bonchev–Trinajstić information content (AvgIpc) is 2.28. The summed E-state index contributed by atoms with van der Waals surface area (Å²) >= 11 is 0. The Labute approximate surface area is 107 Å². The third-order valence-corrected chi connectivity index (χ3v) is 4.05. The number of carboxylic acid groups (broad SMARTS) is 1. The first-order valence-electron chi connectivity index (χ1n) is 5.62. The van der Waals surface area contributed by atoms with Crippen molar-refractivity contribution in [3.8, 4) is 0 Å². The molecule has 0 aliphatic carbocycles. The normalized spacial score (nSPS) is 11.7. The number of hydrogen-bond acceptors (Lipinski definition) is 3. The fraction of sp³-hybridized carbons (Fsp3) is 0.417. The van der Waals surface area contributed by atoms with E-state index in [9.17, 15) is 13.2 Å². The van der Waals surface area contributed by atoms with Gasteiger partial charge < -0.3 is 5.11 Å². The molecule has 0 aliphatic heterocycles. The fourth-order valence-corrected chi connectivity index (χ4v) is 2.52. The fourth-order valence-electron chi connectivity index (χ4n) is 1.63. The molecule has 1 rings (SSSR count). The summed E-state index contributed by atoms with van der Waals surface area (Å²) in [6.45, 7) is 2.63. The lowest BCUT2D eigenvalue weighted by molar-refractivity contribution is 0.0697. The molecule has 0 amide bonds. The second-order valence-corrected chi connectivity index (χ2v) is 5.99. The third kappa shape index (κ3) is 4.12. The zero-order valence-corrected chi connectivity index (χ0v) is 11.3. The molecule has 0 spiro atoms. The van der Waals surface area contributed by atoms with Crippen molar-refractivity contribution in [2.45, 2.75) is 13.3 Å². The van der Waals surface area contributed by atoms with Crippen molar-refractivity contribution < 1.29 is 18.3 Å². The molecule has 1 N–H and O–H groups in total. The molecule has 0 heterocycles. The summed E-state index contributed by atoms with van der Waals surface area (Å²) in [5.74, 6) is -0.965. The number of sulfonamides is 1. The van der Waals surface area contributed by atoms with Crippen LogP contribution in [0.2, 0.25) is 0 Å². The average molecular weight is 271 g/mol. The van der Waals surface area contributed by atoms with Gasteiger partial charge in [0.05, 0.1) is 11.8 Å². The van der Waals surface area contributed by atoms with Gasteiger partial charge in [-0.1, -0.05) is 19.1 Å². The molecule has 0 aliphatic rings. The third-order valence-electron chi connectivity index (χ3n) is 2.67. The molecule has 0 radical (unpaired) electrons. The van der Waals surface area contributed by atoms with Gasteiger partial charge in [0.15, 0.2) is 0 Å². The van der Waals surface area contributed by atoms with Gasteiger partial charge in [-0.3, -0.25) is 0 Å². The number of rotatable bonds is 6. The molecular formula is C12H17NO4S. The molecule has 0 saturated carbocycles. The number of benzene rings is 1. The SMILES string of the molecule is CCN(CCc1ccc(C(=O)O)cc1)S(C)(=O)=O. The van der Waals surface area contributed by atoms with E-state index in [2.05, 4.69) is 0 Å². The quantitative estimate of drug-likeness (QED) is 0.844. The minimum atomic E-state index is -3.17. The summed E-state index contributed by atoms with van der Waals surface area (Å²) in [5, 5.41) is 8.75. The summed E-state index contributed by atoms with van der Waals surface area (Å²) in [4.78, 5) is 10.7. The van der Waals surface area contributed by atoms with Crippen LogP contribution in [0.4, 0.5) is 0 Å². The number of carbonyl (C=O) groups is 1. The highest BCUT2D eigenvalue weighted by molar-refractivity contribution is 7.88. The molecule has 0 bridgehead atoms. The maximum absolute atomic E-state index is 11.4. The van der Waals surface area contributed by atoms with Gasteiger partial charge in [0.2, 0.25) is 10.0 Å². The Morgan fingerprint density at radius 2 is 1.83 bits per heavy atom. The van der Waals surface area contributed by atoms with E-state index in [-0.39, 0.29) is 5.56 Å². The van der Waals surface area contributed by atoms with Crippen LogP contribution in [-0.2, 0) is 16.4 Å². The predicted octanol–water partition coefficient (Wildman–Crippen LogP) is 1.21. The van der Waals surface area contributed by atoms with Crippen molar-refractivity contribution in [3.05, 3.63) is 35.4 Å². The summed E-state index contributed by atoms with van der Waals surface area (Å²) in [7, 11) is -3.17. The predicted molar refractivity (Wildman–Crippen MR) is 69.2 cm³/mol. The van der Waals surface area contributed by atoms with Gasteiger partial charge >= 0.3 is 5.97 Å². The van der Waals surface area contributed by atoms with Gasteiger partial charge in [0.25, 0.3) is 0 Å². The second-order valence-electron chi connectivity index (χ2n) is 4.01.